The highest BCUT2D eigenvalue weighted by atomic mass is 19.4. The van der Waals surface area contributed by atoms with Crippen molar-refractivity contribution in [2.75, 3.05) is 5.32 Å². The second-order valence-corrected chi connectivity index (χ2v) is 5.01. The van der Waals surface area contributed by atoms with Crippen molar-refractivity contribution in [3.8, 4) is 11.5 Å². The normalized spacial score (nSPS) is 11.3. The molecule has 122 valence electrons. The molecule has 0 aliphatic heterocycles. The van der Waals surface area contributed by atoms with Crippen molar-refractivity contribution in [1.29, 1.82) is 0 Å². The molecule has 1 aromatic carbocycles. The van der Waals surface area contributed by atoms with Gasteiger partial charge in [0.2, 0.25) is 0 Å². The maximum atomic E-state index is 13.1. The summed E-state index contributed by atoms with van der Waals surface area (Å²) < 4.78 is 39.3. The molecule has 0 spiro atoms. The van der Waals surface area contributed by atoms with Gasteiger partial charge in [0, 0.05) is 18.8 Å². The van der Waals surface area contributed by atoms with Crippen LogP contribution >= 0.6 is 0 Å². The minimum atomic E-state index is -4.56. The number of nitrogens with zero attached hydrogens (tertiary/aromatic N) is 3. The Bertz CT molecular complexity index is 805. The summed E-state index contributed by atoms with van der Waals surface area (Å²) in [6.07, 6.45) is -3.08. The molecule has 0 aliphatic carbocycles. The molecule has 0 aliphatic rings. The highest BCUT2D eigenvalue weighted by Crippen LogP contribution is 2.30. The average molecular weight is 330 g/mol. The largest absolute Gasteiger partial charge is 0.433 e. The van der Waals surface area contributed by atoms with Crippen LogP contribution in [0.3, 0.4) is 0 Å². The van der Waals surface area contributed by atoms with Crippen molar-refractivity contribution in [3.05, 3.63) is 72.1 Å². The molecule has 0 fully saturated rings. The van der Waals surface area contributed by atoms with Gasteiger partial charge in [0.15, 0.2) is 11.5 Å². The van der Waals surface area contributed by atoms with Crippen LogP contribution < -0.4 is 5.32 Å². The van der Waals surface area contributed by atoms with Gasteiger partial charge in [-0.2, -0.15) is 13.2 Å². The number of hydrogen-bond acceptors (Lipinski definition) is 4. The number of benzene rings is 1. The van der Waals surface area contributed by atoms with E-state index in [0.717, 1.165) is 11.6 Å². The van der Waals surface area contributed by atoms with Gasteiger partial charge in [0.1, 0.15) is 11.5 Å². The van der Waals surface area contributed by atoms with Crippen LogP contribution in [0.5, 0.6) is 0 Å². The quantitative estimate of drug-likeness (QED) is 0.780. The van der Waals surface area contributed by atoms with Gasteiger partial charge in [-0.05, 0) is 17.7 Å². The molecule has 1 N–H and O–H groups in total. The van der Waals surface area contributed by atoms with E-state index < -0.39 is 11.9 Å². The van der Waals surface area contributed by atoms with Gasteiger partial charge in [0.25, 0.3) is 0 Å². The fourth-order valence-corrected chi connectivity index (χ4v) is 2.08. The van der Waals surface area contributed by atoms with Crippen LogP contribution in [0.1, 0.15) is 11.3 Å². The number of alkyl halides is 3. The highest BCUT2D eigenvalue weighted by Gasteiger charge is 2.34. The molecule has 2 heterocycles. The Morgan fingerprint density at radius 2 is 1.67 bits per heavy atom. The zero-order chi connectivity index (χ0) is 17.0. The van der Waals surface area contributed by atoms with Crippen LogP contribution in [0.25, 0.3) is 11.5 Å². The molecule has 3 rings (SSSR count). The fourth-order valence-electron chi connectivity index (χ4n) is 2.08. The first-order valence-electron chi connectivity index (χ1n) is 7.18. The maximum Gasteiger partial charge on any atom is 0.433 e. The van der Waals surface area contributed by atoms with Crippen LogP contribution in [-0.2, 0) is 12.7 Å². The Morgan fingerprint density at radius 3 is 2.33 bits per heavy atom. The van der Waals surface area contributed by atoms with E-state index in [1.54, 1.807) is 18.2 Å². The SMILES string of the molecule is FC(F)(F)c1cc(NCc2ccccc2)nc(-c2ccccn2)n1. The molecular formula is C17H13F3N4. The lowest BCUT2D eigenvalue weighted by Crippen LogP contribution is -2.12. The van der Waals surface area contributed by atoms with Crippen LogP contribution in [0.4, 0.5) is 19.0 Å². The van der Waals surface area contributed by atoms with Gasteiger partial charge < -0.3 is 5.32 Å². The summed E-state index contributed by atoms with van der Waals surface area (Å²) >= 11 is 0. The first-order valence-corrected chi connectivity index (χ1v) is 7.18. The predicted molar refractivity (Wildman–Crippen MR) is 84.0 cm³/mol. The molecule has 0 bridgehead atoms. The van der Waals surface area contributed by atoms with Crippen molar-refractivity contribution < 1.29 is 13.2 Å². The third-order valence-electron chi connectivity index (χ3n) is 3.23. The standard InChI is InChI=1S/C17H13F3N4/c18-17(19,20)14-10-15(22-11-12-6-2-1-3-7-12)24-16(23-14)13-8-4-5-9-21-13/h1-10H,11H2,(H,22,23,24). The summed E-state index contributed by atoms with van der Waals surface area (Å²) in [4.78, 5) is 11.8. The minimum absolute atomic E-state index is 0.0685. The molecule has 7 heteroatoms. The van der Waals surface area contributed by atoms with E-state index in [1.165, 1.54) is 6.20 Å². The van der Waals surface area contributed by atoms with Crippen LogP contribution in [0, 0.1) is 0 Å². The second-order valence-electron chi connectivity index (χ2n) is 5.01. The van der Waals surface area contributed by atoms with Crippen LogP contribution in [0.2, 0.25) is 0 Å². The number of hydrogen-bond donors (Lipinski definition) is 1. The molecule has 0 unspecified atom stereocenters. The molecule has 2 aromatic heterocycles. The van der Waals surface area contributed by atoms with E-state index in [2.05, 4.69) is 20.3 Å². The molecule has 0 radical (unpaired) electrons. The number of halogens is 3. The van der Waals surface area contributed by atoms with E-state index in [0.29, 0.717) is 6.54 Å². The second kappa shape index (κ2) is 6.66. The summed E-state index contributed by atoms with van der Waals surface area (Å²) in [5.74, 6) is 0.0304. The highest BCUT2D eigenvalue weighted by molar-refractivity contribution is 5.53. The lowest BCUT2D eigenvalue weighted by molar-refractivity contribution is -0.141. The van der Waals surface area contributed by atoms with Crippen molar-refractivity contribution in [2.45, 2.75) is 12.7 Å². The fraction of sp³-hybridized carbons (Fsp3) is 0.118. The zero-order valence-electron chi connectivity index (χ0n) is 12.5. The summed E-state index contributed by atoms with van der Waals surface area (Å²) in [5, 5.41) is 2.90. The van der Waals surface area contributed by atoms with Crippen molar-refractivity contribution in [3.63, 3.8) is 0 Å². The van der Waals surface area contributed by atoms with Gasteiger partial charge in [-0.25, -0.2) is 9.97 Å². The van der Waals surface area contributed by atoms with Crippen LogP contribution in [0.15, 0.2) is 60.8 Å². The molecule has 4 nitrogen and oxygen atoms in total. The number of anilines is 1. The van der Waals surface area contributed by atoms with E-state index in [1.807, 2.05) is 30.3 Å². The molecule has 3 aromatic rings. The topological polar surface area (TPSA) is 50.7 Å². The Hall–Kier alpha value is -2.96. The lowest BCUT2D eigenvalue weighted by Gasteiger charge is -2.11. The van der Waals surface area contributed by atoms with E-state index in [9.17, 15) is 13.2 Å². The first kappa shape index (κ1) is 15.9. The van der Waals surface area contributed by atoms with Gasteiger partial charge in [-0.3, -0.25) is 4.98 Å². The smallest absolute Gasteiger partial charge is 0.366 e. The lowest BCUT2D eigenvalue weighted by atomic mass is 10.2. The zero-order valence-corrected chi connectivity index (χ0v) is 12.5. The predicted octanol–water partition coefficient (Wildman–Crippen LogP) is 4.17. The first-order chi connectivity index (χ1) is 11.5. The monoisotopic (exact) mass is 330 g/mol. The number of rotatable bonds is 4. The summed E-state index contributed by atoms with van der Waals surface area (Å²) in [6.45, 7) is 0.358. The van der Waals surface area contributed by atoms with Gasteiger partial charge in [0.05, 0.1) is 0 Å². The average Bonchev–Trinajstić information content (AvgIpc) is 2.61. The molecular weight excluding hydrogens is 317 g/mol. The third kappa shape index (κ3) is 3.87. The summed E-state index contributed by atoms with van der Waals surface area (Å²) in [7, 11) is 0. The Kier molecular flexibility index (Phi) is 4.41. The van der Waals surface area contributed by atoms with E-state index in [4.69, 9.17) is 0 Å². The Labute approximate surface area is 136 Å². The van der Waals surface area contributed by atoms with Gasteiger partial charge in [-0.15, -0.1) is 0 Å². The third-order valence-corrected chi connectivity index (χ3v) is 3.23. The number of nitrogens with one attached hydrogen (secondary N) is 1. The summed E-state index contributed by atoms with van der Waals surface area (Å²) in [6, 6.07) is 15.1. The van der Waals surface area contributed by atoms with E-state index >= 15 is 0 Å². The number of pyridine rings is 1. The molecule has 0 atom stereocenters. The molecule has 0 saturated heterocycles. The van der Waals surface area contributed by atoms with Gasteiger partial charge >= 0.3 is 6.18 Å². The number of aromatic nitrogens is 3. The van der Waals surface area contributed by atoms with Crippen molar-refractivity contribution in [1.82, 2.24) is 15.0 Å². The minimum Gasteiger partial charge on any atom is -0.366 e. The molecule has 0 amide bonds. The van der Waals surface area contributed by atoms with Gasteiger partial charge in [-0.1, -0.05) is 36.4 Å². The molecule has 24 heavy (non-hydrogen) atoms. The maximum absolute atomic E-state index is 13.1. The Balaban J connectivity index is 1.93. The Morgan fingerprint density at radius 1 is 0.917 bits per heavy atom. The van der Waals surface area contributed by atoms with E-state index in [-0.39, 0.29) is 17.3 Å². The molecule has 0 saturated carbocycles. The van der Waals surface area contributed by atoms with Crippen molar-refractivity contribution in [2.24, 2.45) is 0 Å². The summed E-state index contributed by atoms with van der Waals surface area (Å²) in [5.41, 5.74) is 0.212. The van der Waals surface area contributed by atoms with Crippen molar-refractivity contribution >= 4 is 5.82 Å². The van der Waals surface area contributed by atoms with Crippen LogP contribution in [-0.4, -0.2) is 15.0 Å².